The van der Waals surface area contributed by atoms with Crippen molar-refractivity contribution >= 4 is 33.0 Å². The molecule has 1 N–H and O–H groups in total. The summed E-state index contributed by atoms with van der Waals surface area (Å²) in [5.41, 5.74) is 0.448. The van der Waals surface area contributed by atoms with Crippen molar-refractivity contribution in [3.05, 3.63) is 32.8 Å². The number of nitrogens with zero attached hydrogens (tertiary/aromatic N) is 1. The van der Waals surface area contributed by atoms with Crippen LogP contribution in [0, 0.1) is 17.0 Å². The van der Waals surface area contributed by atoms with Gasteiger partial charge in [0.25, 0.3) is 5.69 Å². The fourth-order valence-electron chi connectivity index (χ4n) is 1.16. The zero-order chi connectivity index (χ0) is 13.2. The second kappa shape index (κ2) is 4.89. The smallest absolute Gasteiger partial charge is 0.283 e. The van der Waals surface area contributed by atoms with Crippen molar-refractivity contribution in [3.63, 3.8) is 0 Å². The first-order valence-corrected chi connectivity index (χ1v) is 6.75. The average Bonchev–Trinajstić information content (AvgIpc) is 2.22. The summed E-state index contributed by atoms with van der Waals surface area (Å²) < 4.78 is 25.0. The second-order valence-corrected chi connectivity index (χ2v) is 5.80. The number of halogens is 1. The van der Waals surface area contributed by atoms with Crippen LogP contribution in [0.5, 0.6) is 0 Å². The first-order valence-electron chi connectivity index (χ1n) is 4.72. The van der Waals surface area contributed by atoms with E-state index in [0.717, 1.165) is 0 Å². The maximum Gasteiger partial charge on any atom is 0.288 e. The molecule has 0 saturated carbocycles. The van der Waals surface area contributed by atoms with Crippen molar-refractivity contribution in [3.8, 4) is 0 Å². The van der Waals surface area contributed by atoms with Gasteiger partial charge in [-0.1, -0.05) is 11.6 Å². The van der Waals surface area contributed by atoms with Crippen LogP contribution in [-0.4, -0.2) is 19.1 Å². The molecule has 1 aromatic rings. The molecule has 0 saturated heterocycles. The highest BCUT2D eigenvalue weighted by molar-refractivity contribution is 7.92. The Kier molecular flexibility index (Phi) is 3.94. The molecule has 0 unspecified atom stereocenters. The Hall–Kier alpha value is -1.34. The Labute approximate surface area is 104 Å². The molecule has 0 aromatic heterocycles. The Morgan fingerprint density at radius 3 is 2.53 bits per heavy atom. The van der Waals surface area contributed by atoms with Gasteiger partial charge in [-0.05, 0) is 25.5 Å². The van der Waals surface area contributed by atoms with Gasteiger partial charge in [0.2, 0.25) is 10.0 Å². The third-order valence-corrected chi connectivity index (χ3v) is 3.73. The van der Waals surface area contributed by atoms with Crippen molar-refractivity contribution in [2.45, 2.75) is 13.8 Å². The Morgan fingerprint density at radius 2 is 2.06 bits per heavy atom. The van der Waals surface area contributed by atoms with E-state index in [9.17, 15) is 18.5 Å². The van der Waals surface area contributed by atoms with Gasteiger partial charge in [-0.15, -0.1) is 0 Å². The molecule has 94 valence electrons. The van der Waals surface area contributed by atoms with Crippen LogP contribution in [0.4, 0.5) is 11.4 Å². The van der Waals surface area contributed by atoms with Crippen molar-refractivity contribution in [2.75, 3.05) is 10.5 Å². The summed E-state index contributed by atoms with van der Waals surface area (Å²) in [6.07, 6.45) is 0. The van der Waals surface area contributed by atoms with Gasteiger partial charge in [-0.25, -0.2) is 8.42 Å². The molecule has 17 heavy (non-hydrogen) atoms. The number of hydrogen-bond acceptors (Lipinski definition) is 4. The van der Waals surface area contributed by atoms with E-state index in [0.29, 0.717) is 5.56 Å². The first kappa shape index (κ1) is 13.7. The minimum Gasteiger partial charge on any atom is -0.283 e. The fourth-order valence-corrected chi connectivity index (χ4v) is 2.09. The van der Waals surface area contributed by atoms with Gasteiger partial charge in [-0.2, -0.15) is 0 Å². The third kappa shape index (κ3) is 3.31. The molecule has 1 rings (SSSR count). The summed E-state index contributed by atoms with van der Waals surface area (Å²) in [7, 11) is -3.42. The van der Waals surface area contributed by atoms with Gasteiger partial charge in [0.05, 0.1) is 16.4 Å². The quantitative estimate of drug-likeness (QED) is 0.676. The summed E-state index contributed by atoms with van der Waals surface area (Å²) in [5.74, 6) is -0.0823. The molecule has 0 heterocycles. The molecule has 0 aliphatic rings. The normalized spacial score (nSPS) is 11.2. The number of anilines is 1. The van der Waals surface area contributed by atoms with Gasteiger partial charge >= 0.3 is 0 Å². The molecule has 0 aliphatic carbocycles. The van der Waals surface area contributed by atoms with Crippen LogP contribution in [0.2, 0.25) is 5.02 Å². The topological polar surface area (TPSA) is 89.3 Å². The van der Waals surface area contributed by atoms with Crippen LogP contribution in [0.15, 0.2) is 12.1 Å². The SMILES string of the molecule is CCS(=O)(=O)Nc1cc(Cl)c([N+](=O)[O-])cc1C. The van der Waals surface area contributed by atoms with Crippen LogP contribution in [0.3, 0.4) is 0 Å². The highest BCUT2D eigenvalue weighted by atomic mass is 35.5. The molecule has 8 heteroatoms. The van der Waals surface area contributed by atoms with Crippen LogP contribution >= 0.6 is 11.6 Å². The van der Waals surface area contributed by atoms with Crippen molar-refractivity contribution in [2.24, 2.45) is 0 Å². The number of aryl methyl sites for hydroxylation is 1. The molecule has 1 aromatic carbocycles. The van der Waals surface area contributed by atoms with Crippen LogP contribution in [0.25, 0.3) is 0 Å². The van der Waals surface area contributed by atoms with Gasteiger partial charge in [-0.3, -0.25) is 14.8 Å². The highest BCUT2D eigenvalue weighted by Crippen LogP contribution is 2.30. The summed E-state index contributed by atoms with van der Waals surface area (Å²) in [4.78, 5) is 9.99. The van der Waals surface area contributed by atoms with Crippen LogP contribution in [0.1, 0.15) is 12.5 Å². The number of rotatable bonds is 4. The largest absolute Gasteiger partial charge is 0.288 e. The molecule has 6 nitrogen and oxygen atoms in total. The molecular formula is C9H11ClN2O4S. The fraction of sp³-hybridized carbons (Fsp3) is 0.333. The maximum absolute atomic E-state index is 11.4. The molecule has 0 bridgehead atoms. The molecule has 0 spiro atoms. The number of nitrogens with one attached hydrogen (secondary N) is 1. The Morgan fingerprint density at radius 1 is 1.47 bits per heavy atom. The van der Waals surface area contributed by atoms with E-state index in [1.54, 1.807) is 6.92 Å². The zero-order valence-corrected chi connectivity index (χ0v) is 10.8. The maximum atomic E-state index is 11.4. The van der Waals surface area contributed by atoms with E-state index in [1.807, 2.05) is 0 Å². The Balaban J connectivity index is 3.21. The predicted molar refractivity (Wildman–Crippen MR) is 65.9 cm³/mol. The lowest BCUT2D eigenvalue weighted by Crippen LogP contribution is -2.15. The number of hydrogen-bond donors (Lipinski definition) is 1. The van der Waals surface area contributed by atoms with Gasteiger partial charge in [0.1, 0.15) is 5.02 Å². The summed E-state index contributed by atoms with van der Waals surface area (Å²) in [6, 6.07) is 2.47. The molecule has 0 aliphatic heterocycles. The molecule has 0 amide bonds. The van der Waals surface area contributed by atoms with Crippen molar-refractivity contribution in [1.29, 1.82) is 0 Å². The number of nitro groups is 1. The minimum absolute atomic E-state index is 0.0823. The zero-order valence-electron chi connectivity index (χ0n) is 9.23. The first-order chi connectivity index (χ1) is 7.76. The summed E-state index contributed by atoms with van der Waals surface area (Å²) >= 11 is 5.69. The number of sulfonamides is 1. The van der Waals surface area contributed by atoms with E-state index in [1.165, 1.54) is 19.1 Å². The third-order valence-electron chi connectivity index (χ3n) is 2.14. The highest BCUT2D eigenvalue weighted by Gasteiger charge is 2.17. The van der Waals surface area contributed by atoms with Crippen LogP contribution in [-0.2, 0) is 10.0 Å². The van der Waals surface area contributed by atoms with Gasteiger partial charge in [0, 0.05) is 6.07 Å². The lowest BCUT2D eigenvalue weighted by atomic mass is 10.2. The van der Waals surface area contributed by atoms with Gasteiger partial charge in [0.15, 0.2) is 0 Å². The molecule has 0 radical (unpaired) electrons. The molecule has 0 fully saturated rings. The predicted octanol–water partition coefficient (Wildman–Crippen LogP) is 2.32. The van der Waals surface area contributed by atoms with Gasteiger partial charge < -0.3 is 0 Å². The standard InChI is InChI=1S/C9H11ClN2O4S/c1-3-17(15,16)11-8-5-7(10)9(12(13)14)4-6(8)2/h4-5,11H,3H2,1-2H3. The van der Waals surface area contributed by atoms with E-state index in [2.05, 4.69) is 4.72 Å². The minimum atomic E-state index is -3.42. The van der Waals surface area contributed by atoms with E-state index < -0.39 is 14.9 Å². The molecule has 0 atom stereocenters. The lowest BCUT2D eigenvalue weighted by molar-refractivity contribution is -0.384. The lowest BCUT2D eigenvalue weighted by Gasteiger charge is -2.09. The number of benzene rings is 1. The average molecular weight is 279 g/mol. The number of nitro benzene ring substituents is 1. The molecular weight excluding hydrogens is 268 g/mol. The Bertz CT molecular complexity index is 556. The van der Waals surface area contributed by atoms with E-state index in [4.69, 9.17) is 11.6 Å². The van der Waals surface area contributed by atoms with Crippen LogP contribution < -0.4 is 4.72 Å². The van der Waals surface area contributed by atoms with Crippen molar-refractivity contribution in [1.82, 2.24) is 0 Å². The van der Waals surface area contributed by atoms with E-state index in [-0.39, 0.29) is 22.2 Å². The van der Waals surface area contributed by atoms with E-state index >= 15 is 0 Å². The summed E-state index contributed by atoms with van der Waals surface area (Å²) in [6.45, 7) is 3.06. The van der Waals surface area contributed by atoms with Crippen molar-refractivity contribution < 1.29 is 13.3 Å². The second-order valence-electron chi connectivity index (χ2n) is 3.38. The summed E-state index contributed by atoms with van der Waals surface area (Å²) in [5, 5.41) is 10.5. The monoisotopic (exact) mass is 278 g/mol.